The molecule has 3 aromatic carbocycles. The molecule has 0 fully saturated rings. The highest BCUT2D eigenvalue weighted by Gasteiger charge is 2.21. The van der Waals surface area contributed by atoms with Gasteiger partial charge < -0.3 is 9.50 Å². The highest BCUT2D eigenvalue weighted by molar-refractivity contribution is 7.87. The van der Waals surface area contributed by atoms with Gasteiger partial charge in [-0.2, -0.15) is 8.42 Å². The van der Waals surface area contributed by atoms with E-state index in [1.54, 1.807) is 31.2 Å². The molecule has 0 radical (unpaired) electrons. The Morgan fingerprint density at radius 2 is 1.69 bits per heavy atom. The number of nitrogens with one attached hydrogen (secondary N) is 1. The average Bonchev–Trinajstić information content (AvgIpc) is 2.70. The van der Waals surface area contributed by atoms with Crippen LogP contribution < -0.4 is 9.50 Å². The van der Waals surface area contributed by atoms with E-state index in [1.807, 2.05) is 0 Å². The molecule has 8 nitrogen and oxygen atoms in total. The number of nitrogens with zero attached hydrogens (tertiary/aromatic N) is 1. The van der Waals surface area contributed by atoms with Crippen LogP contribution >= 0.6 is 0 Å². The molecule has 1 amide bonds. The lowest BCUT2D eigenvalue weighted by atomic mass is 10.2. The van der Waals surface area contributed by atoms with Gasteiger partial charge in [0.15, 0.2) is 0 Å². The topological polar surface area (TPSA) is 116 Å². The Bertz CT molecular complexity index is 1190. The van der Waals surface area contributed by atoms with Gasteiger partial charge in [-0.1, -0.05) is 36.4 Å². The number of hydrogen-bond donors (Lipinski definition) is 1. The van der Waals surface area contributed by atoms with Crippen molar-refractivity contribution >= 4 is 27.4 Å². The van der Waals surface area contributed by atoms with Gasteiger partial charge in [-0.05, 0) is 42.8 Å². The van der Waals surface area contributed by atoms with Gasteiger partial charge in [0, 0.05) is 11.6 Å². The van der Waals surface area contributed by atoms with Gasteiger partial charge in [-0.3, -0.25) is 14.9 Å². The summed E-state index contributed by atoms with van der Waals surface area (Å²) in [5, 5.41) is 13.5. The number of anilines is 1. The lowest BCUT2D eigenvalue weighted by molar-refractivity contribution is -0.383. The van der Waals surface area contributed by atoms with Crippen molar-refractivity contribution < 1.29 is 22.3 Å². The Balaban J connectivity index is 1.87. The fraction of sp³-hybridized carbons (Fsp3) is 0.0500. The number of carbonyl (C=O) groups excluding carboxylic acids is 1. The molecular weight excluding hydrogens is 396 g/mol. The van der Waals surface area contributed by atoms with E-state index >= 15 is 0 Å². The second-order valence-corrected chi connectivity index (χ2v) is 7.61. The lowest BCUT2D eigenvalue weighted by Gasteiger charge is -2.10. The molecule has 0 aromatic heterocycles. The van der Waals surface area contributed by atoms with Crippen LogP contribution in [-0.4, -0.2) is 19.2 Å². The maximum atomic E-state index is 12.6. The van der Waals surface area contributed by atoms with Crippen molar-refractivity contribution in [3.63, 3.8) is 0 Å². The van der Waals surface area contributed by atoms with Gasteiger partial charge in [-0.15, -0.1) is 0 Å². The van der Waals surface area contributed by atoms with Crippen LogP contribution in [0.2, 0.25) is 0 Å². The molecule has 0 bridgehead atoms. The van der Waals surface area contributed by atoms with E-state index < -0.39 is 20.9 Å². The Hall–Kier alpha value is -3.72. The van der Waals surface area contributed by atoms with Crippen LogP contribution in [0.3, 0.4) is 0 Å². The number of benzene rings is 3. The number of hydrogen-bond acceptors (Lipinski definition) is 6. The minimum absolute atomic E-state index is 0.00641. The van der Waals surface area contributed by atoms with Gasteiger partial charge in [-0.25, -0.2) is 0 Å². The first-order valence-electron chi connectivity index (χ1n) is 8.43. The van der Waals surface area contributed by atoms with Gasteiger partial charge >= 0.3 is 10.1 Å². The van der Waals surface area contributed by atoms with Crippen molar-refractivity contribution in [2.45, 2.75) is 11.8 Å². The standard InChI is InChI=1S/C20H16N2O6S/c1-14-7-2-5-12-19(14)28-29(26,27)16-9-6-8-15(13-16)20(23)21-17-10-3-4-11-18(17)22(24)25/h2-13H,1H3,(H,21,23). The van der Waals surface area contributed by atoms with Crippen molar-refractivity contribution in [2.75, 3.05) is 5.32 Å². The molecule has 9 heteroatoms. The molecule has 0 saturated heterocycles. The molecule has 1 N–H and O–H groups in total. The predicted octanol–water partition coefficient (Wildman–Crippen LogP) is 3.92. The van der Waals surface area contributed by atoms with Crippen molar-refractivity contribution in [3.8, 4) is 5.75 Å². The molecular formula is C20H16N2O6S. The first kappa shape index (κ1) is 20.0. The minimum atomic E-state index is -4.17. The Labute approximate surface area is 167 Å². The summed E-state index contributed by atoms with van der Waals surface area (Å²) in [5.41, 5.74) is 0.387. The zero-order chi connectivity index (χ0) is 21.0. The summed E-state index contributed by atoms with van der Waals surface area (Å²) in [6.45, 7) is 1.71. The van der Waals surface area contributed by atoms with Gasteiger partial charge in [0.1, 0.15) is 16.3 Å². The number of carbonyl (C=O) groups is 1. The predicted molar refractivity (Wildman–Crippen MR) is 106 cm³/mol. The molecule has 0 saturated carbocycles. The zero-order valence-corrected chi connectivity index (χ0v) is 16.0. The molecule has 3 aromatic rings. The van der Waals surface area contributed by atoms with E-state index in [0.29, 0.717) is 5.56 Å². The first-order chi connectivity index (χ1) is 13.8. The summed E-state index contributed by atoms with van der Waals surface area (Å²) >= 11 is 0. The molecule has 3 rings (SSSR count). The summed E-state index contributed by atoms with van der Waals surface area (Å²) in [6, 6.07) is 17.5. The van der Waals surface area contributed by atoms with Crippen LogP contribution in [0.1, 0.15) is 15.9 Å². The third kappa shape index (κ3) is 4.58. The lowest BCUT2D eigenvalue weighted by Crippen LogP contribution is -2.15. The second kappa shape index (κ2) is 8.11. The fourth-order valence-electron chi connectivity index (χ4n) is 2.54. The van der Waals surface area contributed by atoms with Crippen LogP contribution in [0, 0.1) is 17.0 Å². The van der Waals surface area contributed by atoms with Gasteiger partial charge in [0.05, 0.1) is 4.92 Å². The second-order valence-electron chi connectivity index (χ2n) is 6.06. The third-order valence-corrected chi connectivity index (χ3v) is 5.26. The van der Waals surface area contributed by atoms with E-state index in [9.17, 15) is 23.3 Å². The molecule has 0 heterocycles. The van der Waals surface area contributed by atoms with Crippen molar-refractivity contribution in [1.82, 2.24) is 0 Å². The summed E-state index contributed by atoms with van der Waals surface area (Å²) in [7, 11) is -4.17. The SMILES string of the molecule is Cc1ccccc1OS(=O)(=O)c1cccc(C(=O)Nc2ccccc2[N+](=O)[O-])c1. The molecule has 148 valence electrons. The summed E-state index contributed by atoms with van der Waals surface area (Å²) < 4.78 is 30.3. The highest BCUT2D eigenvalue weighted by Crippen LogP contribution is 2.25. The van der Waals surface area contributed by atoms with Crippen LogP contribution in [0.5, 0.6) is 5.75 Å². The Morgan fingerprint density at radius 3 is 2.41 bits per heavy atom. The average molecular weight is 412 g/mol. The van der Waals surface area contributed by atoms with E-state index in [0.717, 1.165) is 6.07 Å². The highest BCUT2D eigenvalue weighted by atomic mass is 32.2. The largest absolute Gasteiger partial charge is 0.379 e. The monoisotopic (exact) mass is 412 g/mol. The van der Waals surface area contributed by atoms with Crippen LogP contribution in [-0.2, 0) is 10.1 Å². The maximum Gasteiger partial charge on any atom is 0.339 e. The first-order valence-corrected chi connectivity index (χ1v) is 9.84. The van der Waals surface area contributed by atoms with Crippen LogP contribution in [0.4, 0.5) is 11.4 Å². The van der Waals surface area contributed by atoms with Crippen molar-refractivity contribution in [1.29, 1.82) is 0 Å². The smallest absolute Gasteiger partial charge is 0.339 e. The third-order valence-electron chi connectivity index (χ3n) is 4.03. The number of nitro benzene ring substituents is 1. The number of para-hydroxylation sites is 3. The summed E-state index contributed by atoms with van der Waals surface area (Å²) in [5.74, 6) is -0.505. The van der Waals surface area contributed by atoms with Gasteiger partial charge in [0.25, 0.3) is 11.6 Å². The quantitative estimate of drug-likeness (QED) is 0.373. The number of aryl methyl sites for hydroxylation is 1. The number of nitro groups is 1. The maximum absolute atomic E-state index is 12.6. The van der Waals surface area contributed by atoms with Crippen molar-refractivity contribution in [3.05, 3.63) is 94.0 Å². The Morgan fingerprint density at radius 1 is 1.00 bits per heavy atom. The molecule has 29 heavy (non-hydrogen) atoms. The van der Waals surface area contributed by atoms with E-state index in [4.69, 9.17) is 4.18 Å². The summed E-state index contributed by atoms with van der Waals surface area (Å²) in [6.07, 6.45) is 0. The minimum Gasteiger partial charge on any atom is -0.379 e. The number of rotatable bonds is 6. The van der Waals surface area contributed by atoms with Crippen LogP contribution in [0.15, 0.2) is 77.7 Å². The van der Waals surface area contributed by atoms with E-state index in [2.05, 4.69) is 5.32 Å². The molecule has 0 aliphatic rings. The number of amides is 1. The summed E-state index contributed by atoms with van der Waals surface area (Å²) in [4.78, 5) is 22.8. The molecule has 0 unspecified atom stereocenters. The molecule has 0 atom stereocenters. The molecule has 0 aliphatic heterocycles. The van der Waals surface area contributed by atoms with Gasteiger partial charge in [0.2, 0.25) is 0 Å². The van der Waals surface area contributed by atoms with E-state index in [1.165, 1.54) is 42.5 Å². The van der Waals surface area contributed by atoms with Crippen molar-refractivity contribution in [2.24, 2.45) is 0 Å². The van der Waals surface area contributed by atoms with Crippen LogP contribution in [0.25, 0.3) is 0 Å². The Kier molecular flexibility index (Phi) is 5.60. The normalized spacial score (nSPS) is 10.9. The zero-order valence-electron chi connectivity index (χ0n) is 15.2. The molecule has 0 spiro atoms. The van der Waals surface area contributed by atoms with E-state index in [-0.39, 0.29) is 27.6 Å². The molecule has 0 aliphatic carbocycles. The fourth-order valence-corrected chi connectivity index (χ4v) is 3.58.